The van der Waals surface area contributed by atoms with E-state index in [4.69, 9.17) is 5.73 Å². The number of nitrogen functional groups attached to an aromatic ring is 1. The molecule has 1 aliphatic rings. The van der Waals surface area contributed by atoms with Crippen molar-refractivity contribution in [3.8, 4) is 11.3 Å². The number of nitrogens with two attached hydrogens (primary N) is 1. The lowest BCUT2D eigenvalue weighted by molar-refractivity contribution is -0.128. The van der Waals surface area contributed by atoms with Gasteiger partial charge in [-0.25, -0.2) is 9.97 Å². The molecule has 0 aromatic carbocycles. The molecular weight excluding hydrogens is 392 g/mol. The second kappa shape index (κ2) is 8.51. The first-order chi connectivity index (χ1) is 15.0. The van der Waals surface area contributed by atoms with Crippen LogP contribution >= 0.6 is 0 Å². The highest BCUT2D eigenvalue weighted by molar-refractivity contribution is 5.94. The molecule has 3 aromatic heterocycles. The molecule has 31 heavy (non-hydrogen) atoms. The largest absolute Gasteiger partial charge is 0.384 e. The van der Waals surface area contributed by atoms with E-state index in [2.05, 4.69) is 20.3 Å². The monoisotopic (exact) mass is 416 g/mol. The number of hydrogen-bond acceptors (Lipinski definition) is 6. The van der Waals surface area contributed by atoms with Crippen molar-refractivity contribution in [1.29, 1.82) is 0 Å². The van der Waals surface area contributed by atoms with Crippen molar-refractivity contribution >= 4 is 17.6 Å². The standard InChI is InChI=1S/C23H24N6O2/c1-25-22(31)23(19-8-2-3-12-26-19)11-5-13-29(15-23)21(30)18-7-4-6-17(28-18)16-9-10-20(24)27-14-16/h2-4,6-10,12,14H,5,11,13,15H2,1H3,(H2,24,27)(H,25,31)/t23-/m0/s1. The van der Waals surface area contributed by atoms with Crippen LogP contribution in [0.25, 0.3) is 11.3 Å². The first kappa shape index (κ1) is 20.5. The number of likely N-dealkylation sites (N-methyl/N-ethyl adjacent to an activating group) is 1. The Kier molecular flexibility index (Phi) is 5.62. The maximum Gasteiger partial charge on any atom is 0.272 e. The fourth-order valence-electron chi connectivity index (χ4n) is 4.06. The second-order valence-electron chi connectivity index (χ2n) is 7.59. The van der Waals surface area contributed by atoms with Gasteiger partial charge in [0.2, 0.25) is 5.91 Å². The molecular formula is C23H24N6O2. The van der Waals surface area contributed by atoms with Crippen molar-refractivity contribution in [2.24, 2.45) is 0 Å². The maximum absolute atomic E-state index is 13.3. The lowest BCUT2D eigenvalue weighted by Gasteiger charge is -2.41. The summed E-state index contributed by atoms with van der Waals surface area (Å²) in [6.07, 6.45) is 4.62. The Morgan fingerprint density at radius 1 is 1.10 bits per heavy atom. The average molecular weight is 416 g/mol. The van der Waals surface area contributed by atoms with Gasteiger partial charge in [0.05, 0.1) is 11.4 Å². The Labute approximate surface area is 180 Å². The minimum atomic E-state index is -0.887. The predicted octanol–water partition coefficient (Wildman–Crippen LogP) is 2.04. The minimum Gasteiger partial charge on any atom is -0.384 e. The van der Waals surface area contributed by atoms with Gasteiger partial charge in [-0.2, -0.15) is 0 Å². The quantitative estimate of drug-likeness (QED) is 0.673. The number of amides is 2. The molecule has 1 atom stereocenters. The van der Waals surface area contributed by atoms with E-state index in [0.717, 1.165) is 5.56 Å². The van der Waals surface area contributed by atoms with Gasteiger partial charge in [-0.3, -0.25) is 14.6 Å². The average Bonchev–Trinajstić information content (AvgIpc) is 2.84. The number of nitrogens with one attached hydrogen (secondary N) is 1. The van der Waals surface area contributed by atoms with E-state index in [0.29, 0.717) is 42.3 Å². The zero-order valence-corrected chi connectivity index (χ0v) is 17.3. The number of hydrogen-bond donors (Lipinski definition) is 2. The van der Waals surface area contributed by atoms with Crippen molar-refractivity contribution in [2.75, 3.05) is 25.9 Å². The van der Waals surface area contributed by atoms with Crippen molar-refractivity contribution < 1.29 is 9.59 Å². The summed E-state index contributed by atoms with van der Waals surface area (Å²) in [6, 6.07) is 14.3. The van der Waals surface area contributed by atoms with Gasteiger partial charge < -0.3 is 16.0 Å². The van der Waals surface area contributed by atoms with Crippen LogP contribution in [-0.2, 0) is 10.2 Å². The molecule has 0 aliphatic carbocycles. The zero-order chi connectivity index (χ0) is 21.8. The summed E-state index contributed by atoms with van der Waals surface area (Å²) in [7, 11) is 1.61. The Morgan fingerprint density at radius 3 is 2.68 bits per heavy atom. The van der Waals surface area contributed by atoms with Crippen molar-refractivity contribution in [3.63, 3.8) is 0 Å². The number of carbonyl (C=O) groups is 2. The Morgan fingerprint density at radius 2 is 1.97 bits per heavy atom. The van der Waals surface area contributed by atoms with E-state index in [1.807, 2.05) is 30.3 Å². The van der Waals surface area contributed by atoms with Crippen LogP contribution < -0.4 is 11.1 Å². The first-order valence-corrected chi connectivity index (χ1v) is 10.2. The summed E-state index contributed by atoms with van der Waals surface area (Å²) >= 11 is 0. The third-order valence-electron chi connectivity index (χ3n) is 5.65. The molecule has 0 radical (unpaired) electrons. The fourth-order valence-corrected chi connectivity index (χ4v) is 4.06. The predicted molar refractivity (Wildman–Crippen MR) is 117 cm³/mol. The maximum atomic E-state index is 13.3. The summed E-state index contributed by atoms with van der Waals surface area (Å²) in [6.45, 7) is 0.803. The van der Waals surface area contributed by atoms with Gasteiger partial charge in [0.25, 0.3) is 5.91 Å². The minimum absolute atomic E-state index is 0.140. The van der Waals surface area contributed by atoms with Crippen LogP contribution in [0.15, 0.2) is 60.9 Å². The van der Waals surface area contributed by atoms with Crippen molar-refractivity contribution in [1.82, 2.24) is 25.2 Å². The number of likely N-dealkylation sites (tertiary alicyclic amines) is 1. The van der Waals surface area contributed by atoms with Crippen LogP contribution in [0.4, 0.5) is 5.82 Å². The second-order valence-corrected chi connectivity index (χ2v) is 7.59. The van der Waals surface area contributed by atoms with E-state index in [1.54, 1.807) is 42.5 Å². The SMILES string of the molecule is CNC(=O)[C@@]1(c2ccccn2)CCCN(C(=O)c2cccc(-c3ccc(N)nc3)n2)C1. The first-order valence-electron chi connectivity index (χ1n) is 10.2. The molecule has 0 saturated carbocycles. The molecule has 4 rings (SSSR count). The van der Waals surface area contributed by atoms with E-state index >= 15 is 0 Å². The number of anilines is 1. The summed E-state index contributed by atoms with van der Waals surface area (Å²) in [5.74, 6) is 0.0666. The molecule has 1 fully saturated rings. The topological polar surface area (TPSA) is 114 Å². The van der Waals surface area contributed by atoms with Crippen LogP contribution in [0, 0.1) is 0 Å². The van der Waals surface area contributed by atoms with Gasteiger partial charge in [-0.1, -0.05) is 12.1 Å². The zero-order valence-electron chi connectivity index (χ0n) is 17.3. The molecule has 1 saturated heterocycles. The van der Waals surface area contributed by atoms with Gasteiger partial charge in [-0.15, -0.1) is 0 Å². The third kappa shape index (κ3) is 3.96. The summed E-state index contributed by atoms with van der Waals surface area (Å²) < 4.78 is 0. The summed E-state index contributed by atoms with van der Waals surface area (Å²) in [5.41, 5.74) is 7.17. The van der Waals surface area contributed by atoms with Crippen LogP contribution in [0.3, 0.4) is 0 Å². The molecule has 158 valence electrons. The Bertz CT molecular complexity index is 1090. The van der Waals surface area contributed by atoms with Gasteiger partial charge >= 0.3 is 0 Å². The molecule has 1 aliphatic heterocycles. The highest BCUT2D eigenvalue weighted by atomic mass is 16.2. The highest BCUT2D eigenvalue weighted by Crippen LogP contribution is 2.34. The smallest absolute Gasteiger partial charge is 0.272 e. The molecule has 3 aromatic rings. The van der Waals surface area contributed by atoms with E-state index in [1.165, 1.54) is 0 Å². The Hall–Kier alpha value is -3.81. The number of pyridine rings is 3. The molecule has 8 heteroatoms. The molecule has 3 N–H and O–H groups in total. The van der Waals surface area contributed by atoms with Crippen LogP contribution in [-0.4, -0.2) is 51.8 Å². The van der Waals surface area contributed by atoms with Crippen molar-refractivity contribution in [3.05, 3.63) is 72.3 Å². The number of carbonyl (C=O) groups excluding carboxylic acids is 2. The van der Waals surface area contributed by atoms with Crippen LogP contribution in [0.1, 0.15) is 29.0 Å². The van der Waals surface area contributed by atoms with E-state index in [-0.39, 0.29) is 18.4 Å². The molecule has 2 amide bonds. The summed E-state index contributed by atoms with van der Waals surface area (Å²) in [5, 5.41) is 2.76. The number of nitrogens with zero attached hydrogens (tertiary/aromatic N) is 4. The fraction of sp³-hybridized carbons (Fsp3) is 0.261. The van der Waals surface area contributed by atoms with Gasteiger partial charge in [-0.05, 0) is 49.2 Å². The van der Waals surface area contributed by atoms with E-state index < -0.39 is 5.41 Å². The van der Waals surface area contributed by atoms with E-state index in [9.17, 15) is 9.59 Å². The molecule has 4 heterocycles. The molecule has 0 bridgehead atoms. The van der Waals surface area contributed by atoms with Crippen LogP contribution in [0.2, 0.25) is 0 Å². The van der Waals surface area contributed by atoms with Crippen molar-refractivity contribution in [2.45, 2.75) is 18.3 Å². The number of rotatable bonds is 4. The third-order valence-corrected chi connectivity index (χ3v) is 5.65. The van der Waals surface area contributed by atoms with Gasteiger partial charge in [0, 0.05) is 38.1 Å². The van der Waals surface area contributed by atoms with Gasteiger partial charge in [0.15, 0.2) is 0 Å². The Balaban J connectivity index is 1.64. The number of piperidine rings is 1. The lowest BCUT2D eigenvalue weighted by Crippen LogP contribution is -2.56. The lowest BCUT2D eigenvalue weighted by atomic mass is 9.75. The molecule has 8 nitrogen and oxygen atoms in total. The summed E-state index contributed by atoms with van der Waals surface area (Å²) in [4.78, 5) is 41.1. The van der Waals surface area contributed by atoms with Crippen LogP contribution in [0.5, 0.6) is 0 Å². The van der Waals surface area contributed by atoms with Gasteiger partial charge in [0.1, 0.15) is 16.9 Å². The molecule has 0 spiro atoms. The molecule has 0 unspecified atom stereocenters. The highest BCUT2D eigenvalue weighted by Gasteiger charge is 2.45. The normalized spacial score (nSPS) is 18.4. The number of aromatic nitrogens is 3.